The molecule has 0 aliphatic carbocycles. The van der Waals surface area contributed by atoms with E-state index in [1.165, 1.54) is 12.1 Å². The quantitative estimate of drug-likeness (QED) is 0.603. The van der Waals surface area contributed by atoms with Crippen LogP contribution in [-0.4, -0.2) is 31.7 Å². The molecule has 1 aromatic heterocycles. The lowest BCUT2D eigenvalue weighted by Crippen LogP contribution is -2.40. The first-order chi connectivity index (χ1) is 14.6. The summed E-state index contributed by atoms with van der Waals surface area (Å²) in [6.07, 6.45) is -4.42. The molecule has 1 amide bonds. The van der Waals surface area contributed by atoms with E-state index in [0.29, 0.717) is 28.2 Å². The molecule has 2 aromatic carbocycles. The first-order valence-electron chi connectivity index (χ1n) is 10.1. The zero-order valence-electron chi connectivity index (χ0n) is 18.9. The molecule has 0 aliphatic heterocycles. The van der Waals surface area contributed by atoms with Crippen LogP contribution in [0.25, 0.3) is 16.8 Å². The lowest BCUT2D eigenvalue weighted by atomic mass is 9.95. The van der Waals surface area contributed by atoms with Crippen LogP contribution in [0.2, 0.25) is 0 Å². The van der Waals surface area contributed by atoms with Gasteiger partial charge in [-0.1, -0.05) is 32.9 Å². The van der Waals surface area contributed by atoms with E-state index in [1.807, 2.05) is 41.5 Å². The average Bonchev–Trinajstić information content (AvgIpc) is 3.16. The zero-order valence-corrected chi connectivity index (χ0v) is 18.9. The van der Waals surface area contributed by atoms with Gasteiger partial charge in [-0.25, -0.2) is 0 Å². The standard InChI is InChI=1S/C23H26F3N5O/c1-21(2,3)20-28-29-30-31(20)18-12-15(11-16(13-18)19(32)27-22(4,5)6)14-7-9-17(10-8-14)23(24,25)26/h7-13H,1-6H3,(H,27,32). The highest BCUT2D eigenvalue weighted by Crippen LogP contribution is 2.32. The Morgan fingerprint density at radius 2 is 1.53 bits per heavy atom. The summed E-state index contributed by atoms with van der Waals surface area (Å²) in [5, 5.41) is 14.9. The van der Waals surface area contributed by atoms with Crippen molar-refractivity contribution in [1.29, 1.82) is 0 Å². The molecule has 1 N–H and O–H groups in total. The average molecular weight is 445 g/mol. The second-order valence-electron chi connectivity index (χ2n) is 9.71. The molecule has 0 atom stereocenters. The molecule has 9 heteroatoms. The van der Waals surface area contributed by atoms with Crippen LogP contribution in [0.3, 0.4) is 0 Å². The summed E-state index contributed by atoms with van der Waals surface area (Å²) in [5.41, 5.74) is 0.424. The van der Waals surface area contributed by atoms with Gasteiger partial charge in [-0.05, 0) is 72.7 Å². The van der Waals surface area contributed by atoms with Crippen molar-refractivity contribution < 1.29 is 18.0 Å². The van der Waals surface area contributed by atoms with E-state index in [-0.39, 0.29) is 11.3 Å². The molecule has 0 fully saturated rings. The SMILES string of the molecule is CC(C)(C)NC(=O)c1cc(-c2ccc(C(F)(F)F)cc2)cc(-n2nnnc2C(C)(C)C)c1. The number of hydrogen-bond acceptors (Lipinski definition) is 4. The topological polar surface area (TPSA) is 72.7 Å². The number of nitrogens with zero attached hydrogens (tertiary/aromatic N) is 4. The summed E-state index contributed by atoms with van der Waals surface area (Å²) in [5.74, 6) is 0.280. The van der Waals surface area contributed by atoms with Gasteiger partial charge in [-0.15, -0.1) is 5.10 Å². The molecule has 3 rings (SSSR count). The molecule has 0 spiro atoms. The maximum Gasteiger partial charge on any atom is 0.416 e. The van der Waals surface area contributed by atoms with Gasteiger partial charge in [0.2, 0.25) is 0 Å². The summed E-state index contributed by atoms with van der Waals surface area (Å²) < 4.78 is 40.5. The minimum absolute atomic E-state index is 0.308. The number of hydrogen-bond donors (Lipinski definition) is 1. The van der Waals surface area contributed by atoms with E-state index in [1.54, 1.807) is 22.9 Å². The first kappa shape index (κ1) is 23.4. The maximum atomic E-state index is 13.0. The molecular formula is C23H26F3N5O. The fraction of sp³-hybridized carbons (Fsp3) is 0.391. The van der Waals surface area contributed by atoms with Gasteiger partial charge in [-0.3, -0.25) is 4.79 Å². The zero-order chi connectivity index (χ0) is 23.9. The molecule has 3 aromatic rings. The van der Waals surface area contributed by atoms with Crippen molar-refractivity contribution in [2.24, 2.45) is 0 Å². The molecule has 32 heavy (non-hydrogen) atoms. The van der Waals surface area contributed by atoms with Crippen molar-refractivity contribution in [2.75, 3.05) is 0 Å². The lowest BCUT2D eigenvalue weighted by molar-refractivity contribution is -0.137. The van der Waals surface area contributed by atoms with Crippen LogP contribution in [0.4, 0.5) is 13.2 Å². The Morgan fingerprint density at radius 3 is 2.06 bits per heavy atom. The summed E-state index contributed by atoms with van der Waals surface area (Å²) in [6.45, 7) is 11.5. The van der Waals surface area contributed by atoms with Crippen LogP contribution in [0.15, 0.2) is 42.5 Å². The molecule has 0 radical (unpaired) electrons. The van der Waals surface area contributed by atoms with E-state index in [2.05, 4.69) is 20.8 Å². The highest BCUT2D eigenvalue weighted by Gasteiger charge is 2.30. The van der Waals surface area contributed by atoms with Crippen molar-refractivity contribution in [1.82, 2.24) is 25.5 Å². The predicted molar refractivity (Wildman–Crippen MR) is 116 cm³/mol. The number of halogens is 3. The number of aromatic nitrogens is 4. The van der Waals surface area contributed by atoms with Crippen molar-refractivity contribution in [3.8, 4) is 16.8 Å². The van der Waals surface area contributed by atoms with Gasteiger partial charge in [0.25, 0.3) is 5.91 Å². The highest BCUT2D eigenvalue weighted by atomic mass is 19.4. The molecule has 6 nitrogen and oxygen atoms in total. The number of rotatable bonds is 3. The number of alkyl halides is 3. The normalized spacial score (nSPS) is 12.7. The number of amides is 1. The molecule has 0 bridgehead atoms. The summed E-state index contributed by atoms with van der Waals surface area (Å²) in [6, 6.07) is 9.88. The molecule has 0 unspecified atom stereocenters. The van der Waals surface area contributed by atoms with Gasteiger partial charge in [0.15, 0.2) is 5.82 Å². The minimum atomic E-state index is -4.42. The number of benzene rings is 2. The number of carbonyl (C=O) groups is 1. The van der Waals surface area contributed by atoms with Crippen LogP contribution >= 0.6 is 0 Å². The number of nitrogens with one attached hydrogen (secondary N) is 1. The fourth-order valence-corrected chi connectivity index (χ4v) is 3.12. The van der Waals surface area contributed by atoms with Crippen molar-refractivity contribution in [3.63, 3.8) is 0 Å². The Labute approximate surface area is 184 Å². The van der Waals surface area contributed by atoms with Gasteiger partial charge in [0, 0.05) is 16.5 Å². The van der Waals surface area contributed by atoms with Crippen molar-refractivity contribution in [2.45, 2.75) is 58.7 Å². The lowest BCUT2D eigenvalue weighted by Gasteiger charge is -2.22. The first-order valence-corrected chi connectivity index (χ1v) is 10.1. The third kappa shape index (κ3) is 5.33. The van der Waals surface area contributed by atoms with Crippen molar-refractivity contribution >= 4 is 5.91 Å². The van der Waals surface area contributed by atoms with E-state index >= 15 is 0 Å². The van der Waals surface area contributed by atoms with Crippen LogP contribution in [-0.2, 0) is 11.6 Å². The van der Waals surface area contributed by atoms with Gasteiger partial charge in [0.05, 0.1) is 11.3 Å². The van der Waals surface area contributed by atoms with Gasteiger partial charge >= 0.3 is 6.18 Å². The van der Waals surface area contributed by atoms with Gasteiger partial charge in [-0.2, -0.15) is 17.9 Å². The van der Waals surface area contributed by atoms with Crippen LogP contribution < -0.4 is 5.32 Å². The summed E-state index contributed by atoms with van der Waals surface area (Å²) in [7, 11) is 0. The Bertz CT molecular complexity index is 1120. The Morgan fingerprint density at radius 1 is 0.906 bits per heavy atom. The second kappa shape index (κ2) is 8.03. The Kier molecular flexibility index (Phi) is 5.88. The molecular weight excluding hydrogens is 419 g/mol. The van der Waals surface area contributed by atoms with Crippen LogP contribution in [0.1, 0.15) is 63.3 Å². The third-order valence-electron chi connectivity index (χ3n) is 4.60. The third-order valence-corrected chi connectivity index (χ3v) is 4.60. The molecule has 0 saturated carbocycles. The van der Waals surface area contributed by atoms with E-state index in [9.17, 15) is 18.0 Å². The van der Waals surface area contributed by atoms with E-state index in [0.717, 1.165) is 12.1 Å². The molecule has 1 heterocycles. The minimum Gasteiger partial charge on any atom is -0.347 e. The van der Waals surface area contributed by atoms with E-state index < -0.39 is 17.3 Å². The Balaban J connectivity index is 2.16. The van der Waals surface area contributed by atoms with Gasteiger partial charge in [0.1, 0.15) is 0 Å². The summed E-state index contributed by atoms with van der Waals surface area (Å²) >= 11 is 0. The Hall–Kier alpha value is -3.23. The number of tetrazole rings is 1. The highest BCUT2D eigenvalue weighted by molar-refractivity contribution is 5.96. The molecule has 0 aliphatic rings. The monoisotopic (exact) mass is 445 g/mol. The number of carbonyl (C=O) groups excluding carboxylic acids is 1. The largest absolute Gasteiger partial charge is 0.416 e. The smallest absolute Gasteiger partial charge is 0.347 e. The van der Waals surface area contributed by atoms with Crippen LogP contribution in [0.5, 0.6) is 0 Å². The van der Waals surface area contributed by atoms with Crippen molar-refractivity contribution in [3.05, 3.63) is 59.4 Å². The molecule has 170 valence electrons. The fourth-order valence-electron chi connectivity index (χ4n) is 3.12. The maximum absolute atomic E-state index is 13.0. The van der Waals surface area contributed by atoms with Crippen LogP contribution in [0, 0.1) is 0 Å². The summed E-state index contributed by atoms with van der Waals surface area (Å²) in [4.78, 5) is 12.9. The van der Waals surface area contributed by atoms with E-state index in [4.69, 9.17) is 0 Å². The molecule has 0 saturated heterocycles. The second-order valence-corrected chi connectivity index (χ2v) is 9.71. The van der Waals surface area contributed by atoms with Gasteiger partial charge < -0.3 is 5.32 Å². The predicted octanol–water partition coefficient (Wildman–Crippen LogP) is 5.17.